The molecule has 120 valence electrons. The Balaban J connectivity index is 2.34. The monoisotopic (exact) mass is 434 g/mol. The Hall–Kier alpha value is -2.10. The summed E-state index contributed by atoms with van der Waals surface area (Å²) in [6, 6.07) is 5.31. The minimum absolute atomic E-state index is 0.00132. The number of carbonyl (C=O) groups excluding carboxylic acids is 2. The van der Waals surface area contributed by atoms with Crippen LogP contribution in [0, 0.1) is 21.0 Å². The van der Waals surface area contributed by atoms with E-state index < -0.39 is 29.3 Å². The van der Waals surface area contributed by atoms with Gasteiger partial charge in [0, 0.05) is 28.2 Å². The van der Waals surface area contributed by atoms with Crippen molar-refractivity contribution in [1.82, 2.24) is 0 Å². The van der Waals surface area contributed by atoms with Gasteiger partial charge in [0.1, 0.15) is 5.82 Å². The van der Waals surface area contributed by atoms with E-state index >= 15 is 0 Å². The Morgan fingerprint density at radius 2 is 1.48 bits per heavy atom. The summed E-state index contributed by atoms with van der Waals surface area (Å²) in [5, 5.41) is 4.60. The molecule has 2 aromatic rings. The van der Waals surface area contributed by atoms with E-state index in [2.05, 4.69) is 10.6 Å². The van der Waals surface area contributed by atoms with Gasteiger partial charge in [0.15, 0.2) is 11.6 Å². The SMILES string of the molecule is CC(=O)Nc1cc(F)c(F)cc1NC(=O)c1ccc(I)c(F)c1. The topological polar surface area (TPSA) is 58.2 Å². The van der Waals surface area contributed by atoms with Crippen LogP contribution in [0.1, 0.15) is 17.3 Å². The number of amides is 2. The zero-order chi connectivity index (χ0) is 17.1. The van der Waals surface area contributed by atoms with Crippen LogP contribution in [-0.4, -0.2) is 11.8 Å². The highest BCUT2D eigenvalue weighted by Gasteiger charge is 2.15. The normalized spacial score (nSPS) is 10.3. The first kappa shape index (κ1) is 17.3. The summed E-state index contributed by atoms with van der Waals surface area (Å²) in [6.07, 6.45) is 0. The second-order valence-electron chi connectivity index (χ2n) is 4.58. The molecule has 0 bridgehead atoms. The number of anilines is 2. The number of hydrogen-bond donors (Lipinski definition) is 2. The van der Waals surface area contributed by atoms with Gasteiger partial charge >= 0.3 is 0 Å². The molecule has 2 N–H and O–H groups in total. The van der Waals surface area contributed by atoms with E-state index in [1.165, 1.54) is 19.1 Å². The zero-order valence-corrected chi connectivity index (χ0v) is 13.9. The molecule has 0 unspecified atom stereocenters. The lowest BCUT2D eigenvalue weighted by atomic mass is 10.2. The number of rotatable bonds is 3. The molecule has 4 nitrogen and oxygen atoms in total. The molecular formula is C15H10F3IN2O2. The van der Waals surface area contributed by atoms with Gasteiger partial charge in [-0.15, -0.1) is 0 Å². The minimum Gasteiger partial charge on any atom is -0.324 e. The highest BCUT2D eigenvalue weighted by Crippen LogP contribution is 2.26. The maximum Gasteiger partial charge on any atom is 0.255 e. The summed E-state index contributed by atoms with van der Waals surface area (Å²) in [4.78, 5) is 23.2. The van der Waals surface area contributed by atoms with E-state index in [4.69, 9.17) is 0 Å². The molecule has 2 aromatic carbocycles. The van der Waals surface area contributed by atoms with Crippen LogP contribution >= 0.6 is 22.6 Å². The third-order valence-electron chi connectivity index (χ3n) is 2.80. The molecule has 0 aliphatic rings. The summed E-state index contributed by atoms with van der Waals surface area (Å²) < 4.78 is 40.5. The molecule has 0 spiro atoms. The number of nitrogens with one attached hydrogen (secondary N) is 2. The molecule has 0 radical (unpaired) electrons. The van der Waals surface area contributed by atoms with Crippen LogP contribution < -0.4 is 10.6 Å². The molecule has 0 aromatic heterocycles. The molecule has 0 saturated heterocycles. The van der Waals surface area contributed by atoms with Crippen LogP contribution in [-0.2, 0) is 4.79 Å². The smallest absolute Gasteiger partial charge is 0.255 e. The minimum atomic E-state index is -1.19. The van der Waals surface area contributed by atoms with Crippen molar-refractivity contribution >= 4 is 45.8 Å². The van der Waals surface area contributed by atoms with Crippen LogP contribution in [0.4, 0.5) is 24.5 Å². The third-order valence-corrected chi connectivity index (χ3v) is 3.68. The van der Waals surface area contributed by atoms with Gasteiger partial charge in [-0.3, -0.25) is 9.59 Å². The highest BCUT2D eigenvalue weighted by molar-refractivity contribution is 14.1. The van der Waals surface area contributed by atoms with Gasteiger partial charge in [-0.25, -0.2) is 13.2 Å². The van der Waals surface area contributed by atoms with Gasteiger partial charge < -0.3 is 10.6 Å². The van der Waals surface area contributed by atoms with Crippen molar-refractivity contribution in [1.29, 1.82) is 0 Å². The number of carbonyl (C=O) groups is 2. The van der Waals surface area contributed by atoms with Crippen molar-refractivity contribution in [2.24, 2.45) is 0 Å². The van der Waals surface area contributed by atoms with E-state index in [-0.39, 0.29) is 16.9 Å². The molecule has 8 heteroatoms. The fourth-order valence-corrected chi connectivity index (χ4v) is 2.11. The number of hydrogen-bond acceptors (Lipinski definition) is 2. The average molecular weight is 434 g/mol. The predicted molar refractivity (Wildman–Crippen MR) is 87.7 cm³/mol. The van der Waals surface area contributed by atoms with Crippen LogP contribution in [0.15, 0.2) is 30.3 Å². The quantitative estimate of drug-likeness (QED) is 0.720. The first-order chi connectivity index (χ1) is 10.8. The van der Waals surface area contributed by atoms with E-state index in [9.17, 15) is 22.8 Å². The summed E-state index contributed by atoms with van der Waals surface area (Å²) in [6.45, 7) is 1.18. The largest absolute Gasteiger partial charge is 0.324 e. The summed E-state index contributed by atoms with van der Waals surface area (Å²) in [5.41, 5.74) is -0.236. The van der Waals surface area contributed by atoms with Crippen LogP contribution in [0.25, 0.3) is 0 Å². The molecule has 0 fully saturated rings. The van der Waals surface area contributed by atoms with Crippen molar-refractivity contribution < 1.29 is 22.8 Å². The Morgan fingerprint density at radius 3 is 2.00 bits per heavy atom. The molecule has 2 amide bonds. The second-order valence-corrected chi connectivity index (χ2v) is 5.74. The first-order valence-electron chi connectivity index (χ1n) is 6.31. The summed E-state index contributed by atoms with van der Waals surface area (Å²) in [7, 11) is 0. The first-order valence-corrected chi connectivity index (χ1v) is 7.39. The lowest BCUT2D eigenvalue weighted by Gasteiger charge is -2.12. The molecular weight excluding hydrogens is 424 g/mol. The van der Waals surface area contributed by atoms with Crippen molar-refractivity contribution in [3.63, 3.8) is 0 Å². The number of benzene rings is 2. The molecule has 0 saturated carbocycles. The maximum atomic E-state index is 13.5. The molecule has 0 aliphatic carbocycles. The van der Waals surface area contributed by atoms with Crippen LogP contribution in [0.5, 0.6) is 0 Å². The van der Waals surface area contributed by atoms with E-state index in [0.717, 1.165) is 18.2 Å². The van der Waals surface area contributed by atoms with Crippen molar-refractivity contribution in [3.05, 3.63) is 56.9 Å². The maximum absolute atomic E-state index is 13.5. The predicted octanol–water partition coefficient (Wildman–Crippen LogP) is 3.92. The molecule has 0 atom stereocenters. The Morgan fingerprint density at radius 1 is 0.913 bits per heavy atom. The molecule has 23 heavy (non-hydrogen) atoms. The third kappa shape index (κ3) is 4.21. The molecule has 2 rings (SSSR count). The van der Waals surface area contributed by atoms with Gasteiger partial charge in [-0.05, 0) is 40.8 Å². The summed E-state index contributed by atoms with van der Waals surface area (Å²) in [5.74, 6) is -4.19. The Kier molecular flexibility index (Phi) is 5.24. The summed E-state index contributed by atoms with van der Waals surface area (Å²) >= 11 is 1.77. The van der Waals surface area contributed by atoms with Gasteiger partial charge in [0.05, 0.1) is 11.4 Å². The van der Waals surface area contributed by atoms with E-state index in [1.54, 1.807) is 22.6 Å². The molecule has 0 aliphatic heterocycles. The van der Waals surface area contributed by atoms with E-state index in [1.807, 2.05) is 0 Å². The van der Waals surface area contributed by atoms with Gasteiger partial charge in [0.25, 0.3) is 5.91 Å². The van der Waals surface area contributed by atoms with Gasteiger partial charge in [-0.1, -0.05) is 0 Å². The standard InChI is InChI=1S/C15H10F3IN2O2/c1-7(22)20-13-5-9(16)10(17)6-14(13)21-15(23)8-2-3-12(19)11(18)4-8/h2-6H,1H3,(H,20,22)(H,21,23). The second kappa shape index (κ2) is 6.99. The van der Waals surface area contributed by atoms with Crippen molar-refractivity contribution in [2.45, 2.75) is 6.92 Å². The van der Waals surface area contributed by atoms with E-state index in [0.29, 0.717) is 3.57 Å². The van der Waals surface area contributed by atoms with Crippen molar-refractivity contribution in [2.75, 3.05) is 10.6 Å². The lowest BCUT2D eigenvalue weighted by molar-refractivity contribution is -0.114. The number of halogens is 4. The Labute approximate surface area is 143 Å². The van der Waals surface area contributed by atoms with Gasteiger partial charge in [-0.2, -0.15) is 0 Å². The van der Waals surface area contributed by atoms with Crippen LogP contribution in [0.2, 0.25) is 0 Å². The molecule has 0 heterocycles. The zero-order valence-electron chi connectivity index (χ0n) is 11.7. The highest BCUT2D eigenvalue weighted by atomic mass is 127. The lowest BCUT2D eigenvalue weighted by Crippen LogP contribution is -2.16. The van der Waals surface area contributed by atoms with Crippen molar-refractivity contribution in [3.8, 4) is 0 Å². The van der Waals surface area contributed by atoms with Gasteiger partial charge in [0.2, 0.25) is 5.91 Å². The average Bonchev–Trinajstić information content (AvgIpc) is 2.46. The fourth-order valence-electron chi connectivity index (χ4n) is 1.78. The van der Waals surface area contributed by atoms with Crippen LogP contribution in [0.3, 0.4) is 0 Å². The fraction of sp³-hybridized carbons (Fsp3) is 0.0667. The Bertz CT molecular complexity index is 797.